The number of ether oxygens (including phenoxy) is 2. The van der Waals surface area contributed by atoms with Crippen LogP contribution >= 0.6 is 11.6 Å². The molecule has 7 heteroatoms. The van der Waals surface area contributed by atoms with Crippen LogP contribution in [0.2, 0.25) is 5.02 Å². The van der Waals surface area contributed by atoms with E-state index >= 15 is 0 Å². The predicted molar refractivity (Wildman–Crippen MR) is 68.7 cm³/mol. The van der Waals surface area contributed by atoms with Crippen LogP contribution in [0.25, 0.3) is 11.5 Å². The lowest BCUT2D eigenvalue weighted by Gasteiger charge is -2.19. The summed E-state index contributed by atoms with van der Waals surface area (Å²) in [6, 6.07) is 5.09. The van der Waals surface area contributed by atoms with Crippen molar-refractivity contribution in [1.82, 2.24) is 10.1 Å². The number of rotatable bonds is 2. The van der Waals surface area contributed by atoms with Gasteiger partial charge in [0.25, 0.3) is 5.89 Å². The number of anilines is 1. The van der Waals surface area contributed by atoms with Gasteiger partial charge in [-0.2, -0.15) is 4.98 Å². The van der Waals surface area contributed by atoms with Crippen LogP contribution in [0, 0.1) is 0 Å². The highest BCUT2D eigenvalue weighted by Gasteiger charge is 2.23. The van der Waals surface area contributed by atoms with Crippen LogP contribution in [0.5, 0.6) is 0 Å². The number of hydrogen-bond acceptors (Lipinski definition) is 6. The Balaban J connectivity index is 1.89. The third-order valence-corrected chi connectivity index (χ3v) is 3.03. The molecule has 19 heavy (non-hydrogen) atoms. The maximum absolute atomic E-state index is 5.93. The van der Waals surface area contributed by atoms with Crippen molar-refractivity contribution < 1.29 is 14.0 Å². The zero-order valence-corrected chi connectivity index (χ0v) is 10.8. The molecule has 3 rings (SSSR count). The van der Waals surface area contributed by atoms with E-state index in [1.165, 1.54) is 0 Å². The molecule has 1 unspecified atom stereocenters. The van der Waals surface area contributed by atoms with Gasteiger partial charge in [-0.3, -0.25) is 0 Å². The molecule has 0 bridgehead atoms. The van der Waals surface area contributed by atoms with E-state index in [1.807, 2.05) is 0 Å². The topological polar surface area (TPSA) is 83.4 Å². The van der Waals surface area contributed by atoms with Gasteiger partial charge in [0.05, 0.1) is 25.4 Å². The number of nitrogens with two attached hydrogens (primary N) is 1. The molecule has 0 spiro atoms. The minimum absolute atomic E-state index is 0.299. The van der Waals surface area contributed by atoms with Crippen molar-refractivity contribution in [3.8, 4) is 11.5 Å². The largest absolute Gasteiger partial charge is 0.398 e. The van der Waals surface area contributed by atoms with Crippen LogP contribution in [-0.2, 0) is 9.47 Å². The molecule has 0 aliphatic carbocycles. The molecule has 6 nitrogen and oxygen atoms in total. The first-order chi connectivity index (χ1) is 9.24. The van der Waals surface area contributed by atoms with Gasteiger partial charge in [-0.15, -0.1) is 0 Å². The fraction of sp³-hybridized carbons (Fsp3) is 0.333. The summed E-state index contributed by atoms with van der Waals surface area (Å²) in [6.07, 6.45) is -0.299. The highest BCUT2D eigenvalue weighted by molar-refractivity contribution is 6.31. The molecule has 1 aliphatic heterocycles. The normalized spacial score (nSPS) is 19.5. The monoisotopic (exact) mass is 281 g/mol. The Morgan fingerprint density at radius 3 is 3.00 bits per heavy atom. The second kappa shape index (κ2) is 5.16. The number of nitrogens with zero attached hydrogens (tertiary/aromatic N) is 2. The van der Waals surface area contributed by atoms with E-state index in [1.54, 1.807) is 18.2 Å². The van der Waals surface area contributed by atoms with Gasteiger partial charge in [-0.05, 0) is 18.2 Å². The second-order valence-electron chi connectivity index (χ2n) is 4.12. The van der Waals surface area contributed by atoms with Gasteiger partial charge >= 0.3 is 0 Å². The molecule has 2 heterocycles. The van der Waals surface area contributed by atoms with Crippen LogP contribution < -0.4 is 5.73 Å². The lowest BCUT2D eigenvalue weighted by atomic mass is 10.2. The summed E-state index contributed by atoms with van der Waals surface area (Å²) in [5.41, 5.74) is 7.01. The van der Waals surface area contributed by atoms with Crippen molar-refractivity contribution in [2.24, 2.45) is 0 Å². The van der Waals surface area contributed by atoms with Crippen molar-refractivity contribution in [2.45, 2.75) is 6.10 Å². The molecule has 1 aromatic heterocycles. The van der Waals surface area contributed by atoms with E-state index in [0.717, 1.165) is 0 Å². The Hall–Kier alpha value is -1.63. The molecule has 2 aromatic rings. The Labute approximate surface area is 114 Å². The predicted octanol–water partition coefficient (Wildman–Crippen LogP) is 2.06. The third kappa shape index (κ3) is 2.56. The molecule has 1 aromatic carbocycles. The molecule has 1 aliphatic rings. The smallest absolute Gasteiger partial charge is 0.260 e. The fourth-order valence-corrected chi connectivity index (χ4v) is 2.00. The van der Waals surface area contributed by atoms with Gasteiger partial charge in [0.2, 0.25) is 5.82 Å². The van der Waals surface area contributed by atoms with Gasteiger partial charge in [0, 0.05) is 10.7 Å². The number of aromatic nitrogens is 2. The van der Waals surface area contributed by atoms with E-state index in [9.17, 15) is 0 Å². The summed E-state index contributed by atoms with van der Waals surface area (Å²) in [4.78, 5) is 4.28. The van der Waals surface area contributed by atoms with E-state index in [2.05, 4.69) is 10.1 Å². The first-order valence-electron chi connectivity index (χ1n) is 5.82. The average molecular weight is 282 g/mol. The minimum atomic E-state index is -0.299. The molecule has 100 valence electrons. The van der Waals surface area contributed by atoms with Gasteiger partial charge in [0.15, 0.2) is 0 Å². The number of benzene rings is 1. The lowest BCUT2D eigenvalue weighted by molar-refractivity contribution is -0.0941. The maximum Gasteiger partial charge on any atom is 0.260 e. The fourth-order valence-electron chi connectivity index (χ4n) is 1.83. The minimum Gasteiger partial charge on any atom is -0.398 e. The second-order valence-corrected chi connectivity index (χ2v) is 4.56. The average Bonchev–Trinajstić information content (AvgIpc) is 2.92. The van der Waals surface area contributed by atoms with Gasteiger partial charge in [0.1, 0.15) is 6.10 Å². The third-order valence-electron chi connectivity index (χ3n) is 2.79. The van der Waals surface area contributed by atoms with Crippen molar-refractivity contribution in [3.05, 3.63) is 29.0 Å². The van der Waals surface area contributed by atoms with Crippen LogP contribution in [0.3, 0.4) is 0 Å². The number of nitrogen functional groups attached to an aromatic ring is 1. The van der Waals surface area contributed by atoms with Crippen LogP contribution in [-0.4, -0.2) is 30.0 Å². The Kier molecular flexibility index (Phi) is 3.37. The Bertz CT molecular complexity index is 581. The summed E-state index contributed by atoms with van der Waals surface area (Å²) >= 11 is 5.93. The van der Waals surface area contributed by atoms with E-state index in [4.69, 9.17) is 31.3 Å². The van der Waals surface area contributed by atoms with Crippen molar-refractivity contribution in [3.63, 3.8) is 0 Å². The van der Waals surface area contributed by atoms with Crippen LogP contribution in [0.1, 0.15) is 11.9 Å². The quantitative estimate of drug-likeness (QED) is 0.848. The Morgan fingerprint density at radius 1 is 1.32 bits per heavy atom. The highest BCUT2D eigenvalue weighted by atomic mass is 35.5. The standard InChI is InChI=1S/C12H12ClN3O3/c13-7-1-2-9(14)8(5-7)12-15-11(16-19-12)10-6-17-3-4-18-10/h1-2,5,10H,3-4,6,14H2. The number of halogens is 1. The molecule has 0 saturated carbocycles. The van der Waals surface area contributed by atoms with Gasteiger partial charge in [-0.25, -0.2) is 0 Å². The molecule has 0 radical (unpaired) electrons. The number of hydrogen-bond donors (Lipinski definition) is 1. The first kappa shape index (κ1) is 12.4. The molecule has 1 saturated heterocycles. The highest BCUT2D eigenvalue weighted by Crippen LogP contribution is 2.29. The van der Waals surface area contributed by atoms with Gasteiger partial charge in [-0.1, -0.05) is 16.8 Å². The zero-order chi connectivity index (χ0) is 13.2. The molecule has 1 fully saturated rings. The van der Waals surface area contributed by atoms with E-state index in [-0.39, 0.29) is 6.10 Å². The summed E-state index contributed by atoms with van der Waals surface area (Å²) < 4.78 is 16.0. The first-order valence-corrected chi connectivity index (χ1v) is 6.20. The van der Waals surface area contributed by atoms with Gasteiger partial charge < -0.3 is 19.7 Å². The SMILES string of the molecule is Nc1ccc(Cl)cc1-c1nc(C2COCCO2)no1. The van der Waals surface area contributed by atoms with E-state index in [0.29, 0.717) is 47.8 Å². The van der Waals surface area contributed by atoms with Crippen LogP contribution in [0.4, 0.5) is 5.69 Å². The molecule has 0 amide bonds. The summed E-state index contributed by atoms with van der Waals surface area (Å²) in [5, 5.41) is 4.45. The van der Waals surface area contributed by atoms with Crippen molar-refractivity contribution >= 4 is 17.3 Å². The van der Waals surface area contributed by atoms with E-state index < -0.39 is 0 Å². The lowest BCUT2D eigenvalue weighted by Crippen LogP contribution is -2.22. The molecular formula is C12H12ClN3O3. The Morgan fingerprint density at radius 2 is 2.21 bits per heavy atom. The zero-order valence-electron chi connectivity index (χ0n) is 10.0. The molecular weight excluding hydrogens is 270 g/mol. The summed E-state index contributed by atoms with van der Waals surface area (Å²) in [6.45, 7) is 1.53. The van der Waals surface area contributed by atoms with Crippen LogP contribution in [0.15, 0.2) is 22.7 Å². The molecule has 1 atom stereocenters. The maximum atomic E-state index is 5.93. The molecule has 2 N–H and O–H groups in total. The summed E-state index contributed by atoms with van der Waals surface area (Å²) in [7, 11) is 0. The van der Waals surface area contributed by atoms with Crippen molar-refractivity contribution in [1.29, 1.82) is 0 Å². The van der Waals surface area contributed by atoms with Crippen molar-refractivity contribution in [2.75, 3.05) is 25.6 Å². The summed E-state index contributed by atoms with van der Waals surface area (Å²) in [5.74, 6) is 0.776.